The Hall–Kier alpha value is -1.07. The highest BCUT2D eigenvalue weighted by molar-refractivity contribution is 6.01. The number of hydrogen-bond donors (Lipinski definition) is 1. The zero-order valence-electron chi connectivity index (χ0n) is 6.70. The lowest BCUT2D eigenvalue weighted by molar-refractivity contribution is -0.169. The Morgan fingerprint density at radius 2 is 1.83 bits per heavy atom. The zero-order valence-corrected chi connectivity index (χ0v) is 6.70. The number of nitrogens with one attached hydrogen (secondary N) is 1. The predicted molar refractivity (Wildman–Crippen MR) is 37.1 cm³/mol. The number of Topliss-reactive ketones (excluding diaryl/α,β-unsaturated/α-hetero) is 1. The van der Waals surface area contributed by atoms with Crippen molar-refractivity contribution in [1.82, 2.24) is 4.90 Å². The maximum atomic E-state index is 11.6. The Morgan fingerprint density at radius 3 is 2.08 bits per heavy atom. The fourth-order valence-electron chi connectivity index (χ4n) is 0.410. The summed E-state index contributed by atoms with van der Waals surface area (Å²) >= 11 is 0. The van der Waals surface area contributed by atoms with Gasteiger partial charge in [-0.2, -0.15) is 13.2 Å². The molecule has 0 spiro atoms. The first-order valence-corrected chi connectivity index (χ1v) is 3.10. The van der Waals surface area contributed by atoms with Crippen molar-refractivity contribution in [2.45, 2.75) is 12.6 Å². The van der Waals surface area contributed by atoms with E-state index in [2.05, 4.69) is 0 Å². The molecule has 0 atom stereocenters. The van der Waals surface area contributed by atoms with Gasteiger partial charge in [0.25, 0.3) is 0 Å². The zero-order chi connectivity index (χ0) is 9.94. The van der Waals surface area contributed by atoms with Crippen LogP contribution in [-0.4, -0.2) is 36.8 Å². The van der Waals surface area contributed by atoms with Crippen LogP contribution in [0.15, 0.2) is 0 Å². The number of halogens is 3. The highest BCUT2D eigenvalue weighted by Gasteiger charge is 2.38. The number of nitrogens with zero attached hydrogens (tertiary/aromatic N) is 1. The summed E-state index contributed by atoms with van der Waals surface area (Å²) < 4.78 is 34.8. The van der Waals surface area contributed by atoms with E-state index in [4.69, 9.17) is 5.41 Å². The largest absolute Gasteiger partial charge is 0.450 e. The van der Waals surface area contributed by atoms with E-state index in [0.717, 1.165) is 4.90 Å². The third-order valence-corrected chi connectivity index (χ3v) is 1.18. The summed E-state index contributed by atoms with van der Waals surface area (Å²) in [5.41, 5.74) is 0. The van der Waals surface area contributed by atoms with Crippen LogP contribution in [0.2, 0.25) is 0 Å². The van der Waals surface area contributed by atoms with Gasteiger partial charge in [0.2, 0.25) is 5.78 Å². The molecule has 0 aliphatic carbocycles. The average Bonchev–Trinajstić information content (AvgIpc) is 1.85. The van der Waals surface area contributed by atoms with Gasteiger partial charge in [-0.15, -0.1) is 0 Å². The molecule has 0 aromatic heterocycles. The first kappa shape index (κ1) is 10.9. The summed E-state index contributed by atoms with van der Waals surface area (Å²) in [6.07, 6.45) is -5.72. The minimum absolute atomic E-state index is 0.350. The summed E-state index contributed by atoms with van der Waals surface area (Å²) in [5.74, 6) is -2.24. The Kier molecular flexibility index (Phi) is 3.24. The van der Waals surface area contributed by atoms with Gasteiger partial charge in [-0.1, -0.05) is 0 Å². The highest BCUT2D eigenvalue weighted by Crippen LogP contribution is 2.17. The third kappa shape index (κ3) is 3.36. The van der Waals surface area contributed by atoms with Crippen molar-refractivity contribution in [2.24, 2.45) is 0 Å². The molecule has 6 heteroatoms. The molecular formula is C6H9F3N2O. The van der Waals surface area contributed by atoms with Crippen molar-refractivity contribution in [3.63, 3.8) is 0 Å². The quantitative estimate of drug-likeness (QED) is 0.512. The highest BCUT2D eigenvalue weighted by atomic mass is 19.4. The van der Waals surface area contributed by atoms with E-state index in [1.165, 1.54) is 14.1 Å². The normalized spacial score (nSPS) is 11.1. The fourth-order valence-corrected chi connectivity index (χ4v) is 0.410. The second-order valence-electron chi connectivity index (χ2n) is 2.44. The van der Waals surface area contributed by atoms with E-state index in [1.807, 2.05) is 0 Å². The molecule has 70 valence electrons. The summed E-state index contributed by atoms with van der Waals surface area (Å²) in [5, 5.41) is 6.96. The van der Waals surface area contributed by atoms with E-state index in [-0.39, 0.29) is 5.84 Å². The van der Waals surface area contributed by atoms with Crippen LogP contribution >= 0.6 is 0 Å². The van der Waals surface area contributed by atoms with Crippen LogP contribution in [0.1, 0.15) is 6.42 Å². The molecule has 0 unspecified atom stereocenters. The van der Waals surface area contributed by atoms with Gasteiger partial charge < -0.3 is 4.90 Å². The van der Waals surface area contributed by atoms with Gasteiger partial charge in [0.15, 0.2) is 0 Å². The molecule has 0 aliphatic heterocycles. The Bertz CT molecular complexity index is 197. The molecule has 0 aliphatic rings. The predicted octanol–water partition coefficient (Wildman–Crippen LogP) is 1.05. The summed E-state index contributed by atoms with van der Waals surface area (Å²) in [6, 6.07) is 0. The molecule has 0 aromatic carbocycles. The maximum Gasteiger partial charge on any atom is 0.450 e. The van der Waals surface area contributed by atoms with Gasteiger partial charge in [0.05, 0.1) is 6.42 Å². The molecule has 0 amide bonds. The third-order valence-electron chi connectivity index (χ3n) is 1.18. The molecule has 0 heterocycles. The van der Waals surface area contributed by atoms with Crippen molar-refractivity contribution in [3.8, 4) is 0 Å². The number of carbonyl (C=O) groups is 1. The Balaban J connectivity index is 4.12. The second kappa shape index (κ2) is 3.55. The minimum Gasteiger partial charge on any atom is -0.366 e. The van der Waals surface area contributed by atoms with Crippen molar-refractivity contribution < 1.29 is 18.0 Å². The van der Waals surface area contributed by atoms with Crippen LogP contribution in [0.4, 0.5) is 13.2 Å². The van der Waals surface area contributed by atoms with Crippen LogP contribution < -0.4 is 0 Å². The molecule has 0 radical (unpaired) electrons. The van der Waals surface area contributed by atoms with Gasteiger partial charge >= 0.3 is 6.18 Å². The lowest BCUT2D eigenvalue weighted by atomic mass is 10.2. The molecular weight excluding hydrogens is 173 g/mol. The molecule has 0 rings (SSSR count). The van der Waals surface area contributed by atoms with Crippen molar-refractivity contribution in [1.29, 1.82) is 5.41 Å². The Labute approximate surface area is 67.7 Å². The number of ketones is 1. The van der Waals surface area contributed by atoms with E-state index >= 15 is 0 Å². The molecule has 1 N–H and O–H groups in total. The Morgan fingerprint density at radius 1 is 1.42 bits per heavy atom. The van der Waals surface area contributed by atoms with E-state index in [0.29, 0.717) is 0 Å². The average molecular weight is 182 g/mol. The van der Waals surface area contributed by atoms with Crippen molar-refractivity contribution in [3.05, 3.63) is 0 Å². The van der Waals surface area contributed by atoms with Crippen LogP contribution in [0.5, 0.6) is 0 Å². The maximum absolute atomic E-state index is 11.6. The number of amidine groups is 1. The molecule has 0 aromatic rings. The second-order valence-corrected chi connectivity index (χ2v) is 2.44. The molecule has 0 fully saturated rings. The molecule has 0 saturated carbocycles. The standard InChI is InChI=1S/C6H9F3N2O/c1-11(2)5(10)3-4(12)6(7,8)9/h10H,3H2,1-2H3. The van der Waals surface area contributed by atoms with Crippen LogP contribution in [-0.2, 0) is 4.79 Å². The smallest absolute Gasteiger partial charge is 0.366 e. The summed E-state index contributed by atoms with van der Waals surface area (Å²) in [6.45, 7) is 0. The number of rotatable bonds is 2. The van der Waals surface area contributed by atoms with E-state index in [9.17, 15) is 18.0 Å². The fraction of sp³-hybridized carbons (Fsp3) is 0.667. The first-order valence-electron chi connectivity index (χ1n) is 3.10. The molecule has 0 bridgehead atoms. The summed E-state index contributed by atoms with van der Waals surface area (Å²) in [4.78, 5) is 11.4. The molecule has 3 nitrogen and oxygen atoms in total. The molecule has 12 heavy (non-hydrogen) atoms. The first-order chi connectivity index (χ1) is 5.25. The van der Waals surface area contributed by atoms with Gasteiger partial charge in [0.1, 0.15) is 5.84 Å². The van der Waals surface area contributed by atoms with Crippen LogP contribution in [0.25, 0.3) is 0 Å². The lowest BCUT2D eigenvalue weighted by Crippen LogP contribution is -2.30. The number of carbonyl (C=O) groups excluding carboxylic acids is 1. The summed E-state index contributed by atoms with van der Waals surface area (Å²) in [7, 11) is 2.82. The topological polar surface area (TPSA) is 44.2 Å². The van der Waals surface area contributed by atoms with Crippen molar-refractivity contribution >= 4 is 11.6 Å². The lowest BCUT2D eigenvalue weighted by Gasteiger charge is -2.13. The SMILES string of the molecule is CN(C)C(=N)CC(=O)C(F)(F)F. The number of alkyl halides is 3. The van der Waals surface area contributed by atoms with Gasteiger partial charge in [0, 0.05) is 14.1 Å². The minimum atomic E-state index is -4.83. The van der Waals surface area contributed by atoms with E-state index in [1.54, 1.807) is 0 Å². The van der Waals surface area contributed by atoms with Crippen LogP contribution in [0, 0.1) is 5.41 Å². The van der Waals surface area contributed by atoms with Gasteiger partial charge in [-0.3, -0.25) is 10.2 Å². The molecule has 0 saturated heterocycles. The van der Waals surface area contributed by atoms with Crippen LogP contribution in [0.3, 0.4) is 0 Å². The van der Waals surface area contributed by atoms with Crippen molar-refractivity contribution in [2.75, 3.05) is 14.1 Å². The van der Waals surface area contributed by atoms with E-state index < -0.39 is 18.4 Å². The number of hydrogen-bond acceptors (Lipinski definition) is 2. The monoisotopic (exact) mass is 182 g/mol. The van der Waals surface area contributed by atoms with Gasteiger partial charge in [-0.25, -0.2) is 0 Å². The van der Waals surface area contributed by atoms with Gasteiger partial charge in [-0.05, 0) is 0 Å².